The van der Waals surface area contributed by atoms with Gasteiger partial charge >= 0.3 is 0 Å². The van der Waals surface area contributed by atoms with Gasteiger partial charge in [-0.25, -0.2) is 13.4 Å². The van der Waals surface area contributed by atoms with E-state index in [1.807, 2.05) is 60.5 Å². The van der Waals surface area contributed by atoms with Crippen LogP contribution in [0.15, 0.2) is 71.8 Å². The maximum Gasteiger partial charge on any atom is 0.244 e. The van der Waals surface area contributed by atoms with Crippen molar-refractivity contribution < 1.29 is 22.6 Å². The average molecular weight is 484 g/mol. The summed E-state index contributed by atoms with van der Waals surface area (Å²) in [4.78, 5) is 6.53. The molecule has 4 rings (SSSR count). The Morgan fingerprint density at radius 1 is 1.00 bits per heavy atom. The van der Waals surface area contributed by atoms with Crippen molar-refractivity contribution in [3.05, 3.63) is 78.0 Å². The summed E-state index contributed by atoms with van der Waals surface area (Å²) < 4.78 is 43.7. The number of sulfonamides is 1. The molecule has 2 aromatic carbocycles. The lowest BCUT2D eigenvalue weighted by molar-refractivity contribution is 0.0730. The highest BCUT2D eigenvalue weighted by Gasteiger charge is 2.26. The normalized spacial score (nSPS) is 14.5. The number of pyridine rings is 1. The van der Waals surface area contributed by atoms with E-state index in [1.165, 1.54) is 10.5 Å². The van der Waals surface area contributed by atoms with E-state index >= 15 is 0 Å². The Hall–Kier alpha value is -3.14. The third-order valence-corrected chi connectivity index (χ3v) is 7.49. The molecule has 2 heterocycles. The van der Waals surface area contributed by atoms with Crippen molar-refractivity contribution in [2.24, 2.45) is 0 Å². The molecule has 0 amide bonds. The van der Waals surface area contributed by atoms with Crippen LogP contribution < -0.4 is 14.4 Å². The van der Waals surface area contributed by atoms with E-state index in [-0.39, 0.29) is 4.90 Å². The molecule has 1 fully saturated rings. The van der Waals surface area contributed by atoms with E-state index in [0.29, 0.717) is 56.8 Å². The molecule has 0 saturated carbocycles. The molecule has 180 valence electrons. The van der Waals surface area contributed by atoms with Gasteiger partial charge in [-0.15, -0.1) is 0 Å². The Balaban J connectivity index is 1.41. The number of hydrogen-bond acceptors (Lipinski definition) is 7. The summed E-state index contributed by atoms with van der Waals surface area (Å²) in [7, 11) is -0.0350. The second-order valence-electron chi connectivity index (χ2n) is 7.98. The van der Waals surface area contributed by atoms with Crippen LogP contribution in [0.4, 0.5) is 5.82 Å². The van der Waals surface area contributed by atoms with Crippen molar-refractivity contribution in [1.82, 2.24) is 9.29 Å². The minimum Gasteiger partial charge on any atom is -0.493 e. The molecule has 1 aliphatic heterocycles. The van der Waals surface area contributed by atoms with E-state index in [9.17, 15) is 8.42 Å². The Bertz CT molecular complexity index is 1180. The molecule has 0 atom stereocenters. The van der Waals surface area contributed by atoms with Gasteiger partial charge in [-0.1, -0.05) is 36.4 Å². The number of morpholine rings is 1. The molecule has 3 aromatic rings. The number of rotatable bonds is 9. The van der Waals surface area contributed by atoms with E-state index in [0.717, 1.165) is 11.1 Å². The van der Waals surface area contributed by atoms with Gasteiger partial charge in [-0.2, -0.15) is 4.31 Å². The third kappa shape index (κ3) is 5.67. The van der Waals surface area contributed by atoms with E-state index < -0.39 is 10.0 Å². The van der Waals surface area contributed by atoms with Crippen molar-refractivity contribution in [2.45, 2.75) is 18.0 Å². The SMILES string of the molecule is COc1cc(CN(C)c2ccc(S(=O)(=O)N3CCOCC3)cn2)ccc1OCc1ccccc1. The minimum atomic E-state index is -3.56. The topological polar surface area (TPSA) is 81.2 Å². The second kappa shape index (κ2) is 10.9. The lowest BCUT2D eigenvalue weighted by Crippen LogP contribution is -2.40. The standard InChI is InChI=1S/C25H29N3O5S/c1-27(25-11-9-22(17-26-25)34(29,30)28-12-14-32-15-13-28)18-21-8-10-23(24(16-21)31-2)33-19-20-6-4-3-5-7-20/h3-11,16-17H,12-15,18-19H2,1-2H3. The maximum absolute atomic E-state index is 12.8. The summed E-state index contributed by atoms with van der Waals surface area (Å²) in [5, 5.41) is 0. The van der Waals surface area contributed by atoms with Crippen molar-refractivity contribution >= 4 is 15.8 Å². The zero-order valence-corrected chi connectivity index (χ0v) is 20.2. The highest BCUT2D eigenvalue weighted by atomic mass is 32.2. The van der Waals surface area contributed by atoms with Gasteiger partial charge < -0.3 is 19.1 Å². The first-order valence-electron chi connectivity index (χ1n) is 11.1. The smallest absolute Gasteiger partial charge is 0.244 e. The molecular weight excluding hydrogens is 454 g/mol. The van der Waals surface area contributed by atoms with Crippen LogP contribution in [0.1, 0.15) is 11.1 Å². The van der Waals surface area contributed by atoms with Gasteiger partial charge in [0, 0.05) is 32.9 Å². The van der Waals surface area contributed by atoms with Crippen LogP contribution >= 0.6 is 0 Å². The summed E-state index contributed by atoms with van der Waals surface area (Å²) in [6, 6.07) is 19.1. The minimum absolute atomic E-state index is 0.188. The third-order valence-electron chi connectivity index (χ3n) is 5.60. The molecule has 1 saturated heterocycles. The second-order valence-corrected chi connectivity index (χ2v) is 9.92. The van der Waals surface area contributed by atoms with Crippen molar-refractivity contribution in [3.63, 3.8) is 0 Å². The van der Waals surface area contributed by atoms with Gasteiger partial charge in [0.1, 0.15) is 17.3 Å². The van der Waals surface area contributed by atoms with Gasteiger partial charge in [0.05, 0.1) is 20.3 Å². The van der Waals surface area contributed by atoms with Crippen molar-refractivity contribution in [3.8, 4) is 11.5 Å². The zero-order valence-electron chi connectivity index (χ0n) is 19.4. The van der Waals surface area contributed by atoms with Crippen LogP contribution in [-0.2, 0) is 27.9 Å². The molecule has 0 aliphatic carbocycles. The predicted octanol–water partition coefficient (Wildman–Crippen LogP) is 3.33. The number of nitrogens with zero attached hydrogens (tertiary/aromatic N) is 3. The van der Waals surface area contributed by atoms with Crippen LogP contribution in [0, 0.1) is 0 Å². The lowest BCUT2D eigenvalue weighted by Gasteiger charge is -2.26. The number of ether oxygens (including phenoxy) is 3. The first-order valence-corrected chi connectivity index (χ1v) is 12.5. The Morgan fingerprint density at radius 2 is 1.76 bits per heavy atom. The fourth-order valence-electron chi connectivity index (χ4n) is 3.71. The highest BCUT2D eigenvalue weighted by Crippen LogP contribution is 2.30. The molecule has 8 nitrogen and oxygen atoms in total. The van der Waals surface area contributed by atoms with Gasteiger partial charge in [-0.05, 0) is 35.4 Å². The molecular formula is C25H29N3O5S. The Morgan fingerprint density at radius 3 is 2.44 bits per heavy atom. The van der Waals surface area contributed by atoms with E-state index in [1.54, 1.807) is 19.2 Å². The Labute approximate surface area is 200 Å². The van der Waals surface area contributed by atoms with E-state index in [2.05, 4.69) is 4.98 Å². The molecule has 0 N–H and O–H groups in total. The zero-order chi connectivity index (χ0) is 24.0. The largest absolute Gasteiger partial charge is 0.493 e. The fourth-order valence-corrected chi connectivity index (χ4v) is 5.06. The molecule has 0 spiro atoms. The van der Waals surface area contributed by atoms with Gasteiger partial charge in [0.25, 0.3) is 0 Å². The molecule has 0 unspecified atom stereocenters. The van der Waals surface area contributed by atoms with Gasteiger partial charge in [0.2, 0.25) is 10.0 Å². The molecule has 1 aliphatic rings. The summed E-state index contributed by atoms with van der Waals surface area (Å²) in [5.74, 6) is 2.00. The van der Waals surface area contributed by atoms with Crippen LogP contribution in [0.25, 0.3) is 0 Å². The van der Waals surface area contributed by atoms with Crippen LogP contribution in [0.5, 0.6) is 11.5 Å². The van der Waals surface area contributed by atoms with Gasteiger partial charge in [-0.3, -0.25) is 0 Å². The maximum atomic E-state index is 12.8. The molecule has 0 bridgehead atoms. The fraction of sp³-hybridized carbons (Fsp3) is 0.320. The summed E-state index contributed by atoms with van der Waals surface area (Å²) in [6.07, 6.45) is 1.41. The first-order chi connectivity index (χ1) is 16.5. The number of hydrogen-bond donors (Lipinski definition) is 0. The number of aromatic nitrogens is 1. The van der Waals surface area contributed by atoms with Crippen LogP contribution in [-0.4, -0.2) is 58.2 Å². The molecule has 9 heteroatoms. The lowest BCUT2D eigenvalue weighted by atomic mass is 10.2. The summed E-state index contributed by atoms with van der Waals surface area (Å²) >= 11 is 0. The highest BCUT2D eigenvalue weighted by molar-refractivity contribution is 7.89. The Kier molecular flexibility index (Phi) is 7.66. The first kappa shape index (κ1) is 24.0. The van der Waals surface area contributed by atoms with Crippen LogP contribution in [0.2, 0.25) is 0 Å². The van der Waals surface area contributed by atoms with Crippen LogP contribution in [0.3, 0.4) is 0 Å². The molecule has 34 heavy (non-hydrogen) atoms. The molecule has 1 aromatic heterocycles. The number of methoxy groups -OCH3 is 1. The van der Waals surface area contributed by atoms with Gasteiger partial charge in [0.15, 0.2) is 11.5 Å². The predicted molar refractivity (Wildman–Crippen MR) is 130 cm³/mol. The molecule has 0 radical (unpaired) electrons. The summed E-state index contributed by atoms with van der Waals surface area (Å²) in [5.41, 5.74) is 2.09. The van der Waals surface area contributed by atoms with Crippen molar-refractivity contribution in [2.75, 3.05) is 45.4 Å². The van der Waals surface area contributed by atoms with E-state index in [4.69, 9.17) is 14.2 Å². The van der Waals surface area contributed by atoms with Crippen molar-refractivity contribution in [1.29, 1.82) is 0 Å². The number of benzene rings is 2. The monoisotopic (exact) mass is 483 g/mol. The quantitative estimate of drug-likeness (QED) is 0.462. The summed E-state index contributed by atoms with van der Waals surface area (Å²) in [6.45, 7) is 2.56. The number of anilines is 1. The average Bonchev–Trinajstić information content (AvgIpc) is 2.89.